The molecule has 3 nitrogen and oxygen atoms in total. The molecule has 0 spiro atoms. The molecule has 0 fully saturated rings. The van der Waals surface area contributed by atoms with E-state index in [9.17, 15) is 9.50 Å². The fourth-order valence-corrected chi connectivity index (χ4v) is 1.43. The average Bonchev–Trinajstić information content (AvgIpc) is 2.20. The Morgan fingerprint density at radius 3 is 3.00 bits per heavy atom. The van der Waals surface area contributed by atoms with Gasteiger partial charge in [0.15, 0.2) is 0 Å². The number of hydrogen-bond donors (Lipinski definition) is 2. The zero-order valence-corrected chi connectivity index (χ0v) is 9.92. The molecule has 15 heavy (non-hydrogen) atoms. The van der Waals surface area contributed by atoms with Gasteiger partial charge in [-0.3, -0.25) is 0 Å². The highest BCUT2D eigenvalue weighted by atomic mass is 79.9. The highest BCUT2D eigenvalue weighted by Gasteiger charge is 2.07. The third-order valence-corrected chi connectivity index (χ3v) is 2.42. The van der Waals surface area contributed by atoms with Gasteiger partial charge >= 0.3 is 0 Å². The van der Waals surface area contributed by atoms with Crippen LogP contribution in [0.15, 0.2) is 22.7 Å². The van der Waals surface area contributed by atoms with E-state index in [0.717, 1.165) is 0 Å². The first-order chi connectivity index (χ1) is 7.13. The number of aliphatic hydroxyl groups is 1. The van der Waals surface area contributed by atoms with Gasteiger partial charge in [-0.25, -0.2) is 4.39 Å². The molecular formula is C10H13BrFNO2. The van der Waals surface area contributed by atoms with Crippen LogP contribution in [0.1, 0.15) is 0 Å². The maximum Gasteiger partial charge on any atom is 0.136 e. The second kappa shape index (κ2) is 6.05. The minimum atomic E-state index is -0.606. The summed E-state index contributed by atoms with van der Waals surface area (Å²) >= 11 is 3.23. The lowest BCUT2D eigenvalue weighted by atomic mass is 10.3. The van der Waals surface area contributed by atoms with E-state index in [1.807, 2.05) is 0 Å². The standard InChI is InChI=1S/C10H13BrFNO2/c1-13-5-8(14)6-15-10-4-7(12)2-3-9(10)11/h2-4,8,13-14H,5-6H2,1H3. The quantitative estimate of drug-likeness (QED) is 0.858. The number of nitrogens with one attached hydrogen (secondary N) is 1. The number of hydrogen-bond acceptors (Lipinski definition) is 3. The first kappa shape index (κ1) is 12.4. The Labute approximate surface area is 96.4 Å². The van der Waals surface area contributed by atoms with Crippen LogP contribution < -0.4 is 10.1 Å². The van der Waals surface area contributed by atoms with Gasteiger partial charge in [-0.1, -0.05) is 0 Å². The van der Waals surface area contributed by atoms with Crippen molar-refractivity contribution in [1.29, 1.82) is 0 Å². The molecule has 84 valence electrons. The first-order valence-corrected chi connectivity index (χ1v) is 5.33. The number of ether oxygens (including phenoxy) is 1. The van der Waals surface area contributed by atoms with E-state index in [1.54, 1.807) is 13.1 Å². The van der Waals surface area contributed by atoms with Crippen molar-refractivity contribution in [3.05, 3.63) is 28.5 Å². The van der Waals surface area contributed by atoms with Crippen LogP contribution in [-0.4, -0.2) is 31.4 Å². The summed E-state index contributed by atoms with van der Waals surface area (Å²) < 4.78 is 18.8. The van der Waals surface area contributed by atoms with Crippen molar-refractivity contribution in [2.75, 3.05) is 20.2 Å². The summed E-state index contributed by atoms with van der Waals surface area (Å²) in [5.74, 6) is 0.0291. The van der Waals surface area contributed by atoms with Crippen LogP contribution in [-0.2, 0) is 0 Å². The number of benzene rings is 1. The molecule has 0 aliphatic rings. The smallest absolute Gasteiger partial charge is 0.136 e. The Kier molecular flexibility index (Phi) is 5.01. The molecule has 0 saturated carbocycles. The van der Waals surface area contributed by atoms with Crippen molar-refractivity contribution in [1.82, 2.24) is 5.32 Å². The summed E-state index contributed by atoms with van der Waals surface area (Å²) in [6.45, 7) is 0.565. The summed E-state index contributed by atoms with van der Waals surface area (Å²) in [4.78, 5) is 0. The lowest BCUT2D eigenvalue weighted by molar-refractivity contribution is 0.107. The van der Waals surface area contributed by atoms with Crippen molar-refractivity contribution >= 4 is 15.9 Å². The molecule has 1 unspecified atom stereocenters. The minimum Gasteiger partial charge on any atom is -0.490 e. The third kappa shape index (κ3) is 4.15. The van der Waals surface area contributed by atoms with Gasteiger partial charge in [0.05, 0.1) is 4.47 Å². The van der Waals surface area contributed by atoms with Gasteiger partial charge < -0.3 is 15.2 Å². The maximum absolute atomic E-state index is 12.8. The largest absolute Gasteiger partial charge is 0.490 e. The van der Waals surface area contributed by atoms with Crippen LogP contribution in [0.25, 0.3) is 0 Å². The van der Waals surface area contributed by atoms with Gasteiger partial charge in [0.1, 0.15) is 24.3 Å². The van der Waals surface area contributed by atoms with E-state index in [4.69, 9.17) is 4.74 Å². The third-order valence-electron chi connectivity index (χ3n) is 1.76. The van der Waals surface area contributed by atoms with E-state index in [-0.39, 0.29) is 12.4 Å². The van der Waals surface area contributed by atoms with Crippen molar-refractivity contribution in [3.8, 4) is 5.75 Å². The Bertz CT molecular complexity index is 322. The molecule has 0 radical (unpaired) electrons. The SMILES string of the molecule is CNCC(O)COc1cc(F)ccc1Br. The van der Waals surface area contributed by atoms with Gasteiger partial charge in [0.2, 0.25) is 0 Å². The number of likely N-dealkylation sites (N-methyl/N-ethyl adjacent to an activating group) is 1. The van der Waals surface area contributed by atoms with E-state index < -0.39 is 6.10 Å². The highest BCUT2D eigenvalue weighted by molar-refractivity contribution is 9.10. The van der Waals surface area contributed by atoms with Gasteiger partial charge in [-0.05, 0) is 35.1 Å². The molecule has 0 aliphatic carbocycles. The first-order valence-electron chi connectivity index (χ1n) is 4.54. The molecule has 1 aromatic rings. The topological polar surface area (TPSA) is 41.5 Å². The Hall–Kier alpha value is -0.650. The van der Waals surface area contributed by atoms with Crippen molar-refractivity contribution in [2.24, 2.45) is 0 Å². The van der Waals surface area contributed by atoms with Gasteiger partial charge in [-0.15, -0.1) is 0 Å². The molecule has 5 heteroatoms. The number of rotatable bonds is 5. The van der Waals surface area contributed by atoms with Crippen molar-refractivity contribution < 1.29 is 14.2 Å². The summed E-state index contributed by atoms with van der Waals surface area (Å²) in [6.07, 6.45) is -0.606. The van der Waals surface area contributed by atoms with Crippen LogP contribution in [0.3, 0.4) is 0 Å². The van der Waals surface area contributed by atoms with Crippen LogP contribution in [0.5, 0.6) is 5.75 Å². The monoisotopic (exact) mass is 277 g/mol. The van der Waals surface area contributed by atoms with Crippen molar-refractivity contribution in [3.63, 3.8) is 0 Å². The molecule has 0 bridgehead atoms. The van der Waals surface area contributed by atoms with E-state index in [2.05, 4.69) is 21.2 Å². The summed E-state index contributed by atoms with van der Waals surface area (Å²) in [5.41, 5.74) is 0. The fourth-order valence-electron chi connectivity index (χ4n) is 1.07. The molecular weight excluding hydrogens is 265 g/mol. The lowest BCUT2D eigenvalue weighted by Gasteiger charge is -2.12. The zero-order valence-electron chi connectivity index (χ0n) is 8.34. The van der Waals surface area contributed by atoms with Crippen LogP contribution in [0, 0.1) is 5.82 Å². The molecule has 1 rings (SSSR count). The normalized spacial score (nSPS) is 12.5. The van der Waals surface area contributed by atoms with Crippen LogP contribution in [0.2, 0.25) is 0 Å². The van der Waals surface area contributed by atoms with E-state index in [0.29, 0.717) is 16.8 Å². The highest BCUT2D eigenvalue weighted by Crippen LogP contribution is 2.25. The van der Waals surface area contributed by atoms with Gasteiger partial charge in [-0.2, -0.15) is 0 Å². The molecule has 0 aliphatic heterocycles. The van der Waals surface area contributed by atoms with E-state index >= 15 is 0 Å². The van der Waals surface area contributed by atoms with Gasteiger partial charge in [0, 0.05) is 12.6 Å². The second-order valence-electron chi connectivity index (χ2n) is 3.10. The number of halogens is 2. The summed E-state index contributed by atoms with van der Waals surface area (Å²) in [7, 11) is 1.74. The average molecular weight is 278 g/mol. The molecule has 1 atom stereocenters. The predicted molar refractivity (Wildman–Crippen MR) is 59.5 cm³/mol. The fraction of sp³-hybridized carbons (Fsp3) is 0.400. The predicted octanol–water partition coefficient (Wildman–Crippen LogP) is 1.55. The molecule has 0 saturated heterocycles. The Morgan fingerprint density at radius 1 is 1.60 bits per heavy atom. The van der Waals surface area contributed by atoms with E-state index in [1.165, 1.54) is 12.1 Å². The Morgan fingerprint density at radius 2 is 2.33 bits per heavy atom. The molecule has 1 aromatic carbocycles. The van der Waals surface area contributed by atoms with Crippen molar-refractivity contribution in [2.45, 2.75) is 6.10 Å². The minimum absolute atomic E-state index is 0.128. The Balaban J connectivity index is 2.53. The summed E-state index contributed by atoms with van der Waals surface area (Å²) in [5, 5.41) is 12.2. The van der Waals surface area contributed by atoms with Crippen LogP contribution in [0.4, 0.5) is 4.39 Å². The molecule has 2 N–H and O–H groups in total. The number of aliphatic hydroxyl groups excluding tert-OH is 1. The molecule has 0 aromatic heterocycles. The lowest BCUT2D eigenvalue weighted by Crippen LogP contribution is -2.29. The molecule has 0 amide bonds. The zero-order chi connectivity index (χ0) is 11.3. The molecule has 0 heterocycles. The van der Waals surface area contributed by atoms with Crippen LogP contribution >= 0.6 is 15.9 Å². The van der Waals surface area contributed by atoms with Gasteiger partial charge in [0.25, 0.3) is 0 Å². The maximum atomic E-state index is 12.8. The second-order valence-corrected chi connectivity index (χ2v) is 3.95. The summed E-state index contributed by atoms with van der Waals surface area (Å²) in [6, 6.07) is 4.17.